The number of halogens is 3. The third-order valence-electron chi connectivity index (χ3n) is 5.11. The molecule has 1 heterocycles. The van der Waals surface area contributed by atoms with E-state index in [1.165, 1.54) is 28.6 Å². The smallest absolute Gasteiger partial charge is 0.406 e. The predicted molar refractivity (Wildman–Crippen MR) is 120 cm³/mol. The summed E-state index contributed by atoms with van der Waals surface area (Å²) in [5.41, 5.74) is 1.23. The number of sulfonamides is 2. The van der Waals surface area contributed by atoms with E-state index >= 15 is 0 Å². The number of hydrogen-bond donors (Lipinski definition) is 1. The highest BCUT2D eigenvalue weighted by molar-refractivity contribution is 7.93. The van der Waals surface area contributed by atoms with Gasteiger partial charge in [-0.15, -0.1) is 13.2 Å². The molecule has 7 nitrogen and oxygen atoms in total. The third-order valence-corrected chi connectivity index (χ3v) is 8.34. The zero-order valence-corrected chi connectivity index (χ0v) is 19.1. The monoisotopic (exact) mass is 512 g/mol. The van der Waals surface area contributed by atoms with Gasteiger partial charge in [-0.2, -0.15) is 0 Å². The summed E-state index contributed by atoms with van der Waals surface area (Å²) in [6.45, 7) is 0.237. The standard InChI is InChI=1S/C22H19F3N2O5S2/c23-22(24,25)32-18-10-12-19(13-11-18)33(28,29)26-17-9-8-16-5-4-14-27(21(16)15-17)34(30,31)20-6-2-1-3-7-20/h1-3,6-13,15,26H,4-5,14H2. The second-order valence-electron chi connectivity index (χ2n) is 7.46. The van der Waals surface area contributed by atoms with Crippen LogP contribution in [0.2, 0.25) is 0 Å². The van der Waals surface area contributed by atoms with E-state index in [-0.39, 0.29) is 22.0 Å². The summed E-state index contributed by atoms with van der Waals surface area (Å²) in [5.74, 6) is -0.554. The number of ether oxygens (including phenoxy) is 1. The van der Waals surface area contributed by atoms with Crippen LogP contribution in [0, 0.1) is 0 Å². The highest BCUT2D eigenvalue weighted by atomic mass is 32.2. The van der Waals surface area contributed by atoms with Crippen molar-refractivity contribution >= 4 is 31.4 Å². The van der Waals surface area contributed by atoms with Crippen molar-refractivity contribution in [2.45, 2.75) is 29.0 Å². The number of nitrogens with zero attached hydrogens (tertiary/aromatic N) is 1. The van der Waals surface area contributed by atoms with E-state index in [4.69, 9.17) is 0 Å². The van der Waals surface area contributed by atoms with Crippen molar-refractivity contribution in [3.8, 4) is 5.75 Å². The maximum Gasteiger partial charge on any atom is 0.573 e. The van der Waals surface area contributed by atoms with Gasteiger partial charge in [0, 0.05) is 6.54 Å². The van der Waals surface area contributed by atoms with Crippen LogP contribution in [-0.4, -0.2) is 29.7 Å². The van der Waals surface area contributed by atoms with Crippen molar-refractivity contribution in [1.82, 2.24) is 0 Å². The Hall–Kier alpha value is -3.25. The molecular weight excluding hydrogens is 493 g/mol. The third kappa shape index (κ3) is 5.12. The highest BCUT2D eigenvalue weighted by Crippen LogP contribution is 2.35. The molecule has 0 aliphatic carbocycles. The first kappa shape index (κ1) is 23.9. The summed E-state index contributed by atoms with van der Waals surface area (Å²) < 4.78 is 96.2. The molecule has 0 aromatic heterocycles. The van der Waals surface area contributed by atoms with Crippen LogP contribution in [0.15, 0.2) is 82.6 Å². The van der Waals surface area contributed by atoms with Gasteiger partial charge in [-0.3, -0.25) is 9.03 Å². The Bertz CT molecular complexity index is 1390. The van der Waals surface area contributed by atoms with Crippen LogP contribution < -0.4 is 13.8 Å². The fraction of sp³-hybridized carbons (Fsp3) is 0.182. The molecule has 34 heavy (non-hydrogen) atoms. The van der Waals surface area contributed by atoms with Crippen LogP contribution in [0.4, 0.5) is 24.5 Å². The predicted octanol–water partition coefficient (Wildman–Crippen LogP) is 4.53. The Balaban J connectivity index is 1.62. The lowest BCUT2D eigenvalue weighted by Crippen LogP contribution is -2.35. The normalized spacial score (nSPS) is 14.4. The Morgan fingerprint density at radius 2 is 1.53 bits per heavy atom. The molecule has 180 valence electrons. The van der Waals surface area contributed by atoms with Crippen molar-refractivity contribution in [3.05, 3.63) is 78.4 Å². The topological polar surface area (TPSA) is 92.8 Å². The molecule has 0 saturated carbocycles. The SMILES string of the molecule is O=S(=O)(Nc1ccc2c(c1)N(S(=O)(=O)c1ccccc1)CCC2)c1ccc(OC(F)(F)F)cc1. The first-order chi connectivity index (χ1) is 16.0. The molecule has 0 unspecified atom stereocenters. The van der Waals surface area contributed by atoms with Gasteiger partial charge in [0.2, 0.25) is 0 Å². The maximum atomic E-state index is 13.2. The maximum absolute atomic E-state index is 13.2. The lowest BCUT2D eigenvalue weighted by molar-refractivity contribution is -0.274. The summed E-state index contributed by atoms with van der Waals surface area (Å²) in [6.07, 6.45) is -3.66. The number of aryl methyl sites for hydroxylation is 1. The number of rotatable bonds is 6. The second kappa shape index (κ2) is 8.84. The molecule has 0 radical (unpaired) electrons. The van der Waals surface area contributed by atoms with Crippen molar-refractivity contribution in [2.24, 2.45) is 0 Å². The zero-order valence-electron chi connectivity index (χ0n) is 17.5. The number of anilines is 2. The van der Waals surface area contributed by atoms with E-state index in [0.717, 1.165) is 29.8 Å². The molecule has 0 saturated heterocycles. The summed E-state index contributed by atoms with van der Waals surface area (Å²) in [6, 6.07) is 16.3. The Kier molecular flexibility index (Phi) is 6.21. The van der Waals surface area contributed by atoms with Crippen LogP contribution in [0.3, 0.4) is 0 Å². The molecule has 1 N–H and O–H groups in total. The fourth-order valence-corrected chi connectivity index (χ4v) is 6.21. The lowest BCUT2D eigenvalue weighted by atomic mass is 10.0. The summed E-state index contributed by atoms with van der Waals surface area (Å²) in [4.78, 5) is -0.163. The molecule has 12 heteroatoms. The quantitative estimate of drug-likeness (QED) is 0.524. The van der Waals surface area contributed by atoms with E-state index in [2.05, 4.69) is 9.46 Å². The van der Waals surface area contributed by atoms with E-state index < -0.39 is 32.2 Å². The van der Waals surface area contributed by atoms with Crippen LogP contribution in [-0.2, 0) is 26.5 Å². The van der Waals surface area contributed by atoms with Crippen molar-refractivity contribution in [2.75, 3.05) is 15.6 Å². The van der Waals surface area contributed by atoms with E-state index in [1.54, 1.807) is 24.3 Å². The zero-order chi connectivity index (χ0) is 24.6. The van der Waals surface area contributed by atoms with E-state index in [0.29, 0.717) is 18.5 Å². The number of hydrogen-bond acceptors (Lipinski definition) is 5. The van der Waals surface area contributed by atoms with Crippen LogP contribution in [0.1, 0.15) is 12.0 Å². The Morgan fingerprint density at radius 1 is 0.853 bits per heavy atom. The molecule has 0 spiro atoms. The molecule has 0 fully saturated rings. The average Bonchev–Trinajstić information content (AvgIpc) is 2.78. The van der Waals surface area contributed by atoms with Gasteiger partial charge in [-0.25, -0.2) is 16.8 Å². The minimum absolute atomic E-state index is 0.115. The van der Waals surface area contributed by atoms with Crippen molar-refractivity contribution in [1.29, 1.82) is 0 Å². The number of benzene rings is 3. The fourth-order valence-electron chi connectivity index (χ4n) is 3.61. The van der Waals surface area contributed by atoms with E-state index in [1.807, 2.05) is 0 Å². The molecular formula is C22H19F3N2O5S2. The van der Waals surface area contributed by atoms with Crippen LogP contribution >= 0.6 is 0 Å². The molecule has 3 aromatic carbocycles. The van der Waals surface area contributed by atoms with Crippen LogP contribution in [0.25, 0.3) is 0 Å². The molecule has 4 rings (SSSR count). The first-order valence-electron chi connectivity index (χ1n) is 10.1. The molecule has 3 aromatic rings. The molecule has 1 aliphatic heterocycles. The second-order valence-corrected chi connectivity index (χ2v) is 11.0. The van der Waals surface area contributed by atoms with E-state index in [9.17, 15) is 30.0 Å². The average molecular weight is 513 g/mol. The van der Waals surface area contributed by atoms with Gasteiger partial charge in [-0.1, -0.05) is 24.3 Å². The van der Waals surface area contributed by atoms with Gasteiger partial charge in [0.05, 0.1) is 21.2 Å². The molecule has 0 atom stereocenters. The summed E-state index contributed by atoms with van der Waals surface area (Å²) >= 11 is 0. The van der Waals surface area contributed by atoms with Gasteiger partial charge in [0.25, 0.3) is 20.0 Å². The van der Waals surface area contributed by atoms with Gasteiger partial charge >= 0.3 is 6.36 Å². The summed E-state index contributed by atoms with van der Waals surface area (Å²) in [5, 5.41) is 0. The van der Waals surface area contributed by atoms with Gasteiger partial charge in [-0.05, 0) is 66.9 Å². The van der Waals surface area contributed by atoms with Gasteiger partial charge < -0.3 is 4.74 Å². The minimum atomic E-state index is -4.90. The number of nitrogens with one attached hydrogen (secondary N) is 1. The minimum Gasteiger partial charge on any atom is -0.406 e. The number of fused-ring (bicyclic) bond motifs is 1. The van der Waals surface area contributed by atoms with Gasteiger partial charge in [0.1, 0.15) is 5.75 Å². The number of alkyl halides is 3. The largest absolute Gasteiger partial charge is 0.573 e. The lowest BCUT2D eigenvalue weighted by Gasteiger charge is -2.31. The van der Waals surface area contributed by atoms with Gasteiger partial charge in [0.15, 0.2) is 0 Å². The molecule has 1 aliphatic rings. The van der Waals surface area contributed by atoms with Crippen molar-refractivity contribution < 1.29 is 34.7 Å². The molecule has 0 amide bonds. The Labute approximate surface area is 194 Å². The van der Waals surface area contributed by atoms with Crippen LogP contribution in [0.5, 0.6) is 5.75 Å². The highest BCUT2D eigenvalue weighted by Gasteiger charge is 2.32. The summed E-state index contributed by atoms with van der Waals surface area (Å²) in [7, 11) is -8.02. The first-order valence-corrected chi connectivity index (χ1v) is 13.0. The van der Waals surface area contributed by atoms with Crippen molar-refractivity contribution in [3.63, 3.8) is 0 Å². The Morgan fingerprint density at radius 3 is 2.18 bits per heavy atom. The molecule has 0 bridgehead atoms.